The lowest BCUT2D eigenvalue weighted by molar-refractivity contribution is 0.324. The molecule has 130 valence electrons. The molecule has 0 saturated heterocycles. The van der Waals surface area contributed by atoms with E-state index < -0.39 is 0 Å². The highest BCUT2D eigenvalue weighted by Gasteiger charge is 2.11. The molecule has 0 bridgehead atoms. The highest BCUT2D eigenvalue weighted by atomic mass is 16.5. The summed E-state index contributed by atoms with van der Waals surface area (Å²) in [6.07, 6.45) is 12.6. The van der Waals surface area contributed by atoms with Crippen molar-refractivity contribution in [2.75, 3.05) is 35.5 Å². The van der Waals surface area contributed by atoms with E-state index in [9.17, 15) is 0 Å². The van der Waals surface area contributed by atoms with Crippen LogP contribution < -0.4 is 14.2 Å². The first-order valence-electron chi connectivity index (χ1n) is 7.27. The quantitative estimate of drug-likeness (QED) is 0.506. The van der Waals surface area contributed by atoms with Crippen LogP contribution in [0.1, 0.15) is 5.56 Å². The molecule has 1 aromatic carbocycles. The standard InChI is InChI=1S/C19H24O5/c1-20-11-6-7-15(10-12-21-2)8-9-16-13-17(22-3)19(24-5)18(14-16)23-4/h6-14H,1-5H3/b9-8-,11-6+,12-10+,15-7-. The number of ether oxygens (including phenoxy) is 5. The smallest absolute Gasteiger partial charge is 0.203 e. The number of rotatable bonds is 9. The van der Waals surface area contributed by atoms with Crippen molar-refractivity contribution in [3.63, 3.8) is 0 Å². The Kier molecular flexibility index (Phi) is 8.68. The third-order valence-electron chi connectivity index (χ3n) is 3.06. The van der Waals surface area contributed by atoms with Gasteiger partial charge in [0.15, 0.2) is 11.5 Å². The predicted molar refractivity (Wildman–Crippen MR) is 95.5 cm³/mol. The summed E-state index contributed by atoms with van der Waals surface area (Å²) < 4.78 is 25.9. The fourth-order valence-electron chi connectivity index (χ4n) is 1.93. The Balaban J connectivity index is 3.15. The first-order chi connectivity index (χ1) is 11.7. The molecule has 0 amide bonds. The second-order valence-electron chi connectivity index (χ2n) is 4.56. The molecular weight excluding hydrogens is 308 g/mol. The Hall–Kier alpha value is -2.82. The number of methoxy groups -OCH3 is 5. The van der Waals surface area contributed by atoms with Gasteiger partial charge in [-0.3, -0.25) is 0 Å². The van der Waals surface area contributed by atoms with Crippen molar-refractivity contribution >= 4 is 6.08 Å². The van der Waals surface area contributed by atoms with Gasteiger partial charge in [-0.15, -0.1) is 0 Å². The molecule has 0 radical (unpaired) electrons. The highest BCUT2D eigenvalue weighted by Crippen LogP contribution is 2.38. The van der Waals surface area contributed by atoms with Crippen LogP contribution in [-0.4, -0.2) is 35.5 Å². The molecule has 0 spiro atoms. The van der Waals surface area contributed by atoms with Crippen molar-refractivity contribution in [2.45, 2.75) is 0 Å². The number of allylic oxidation sites excluding steroid dienone is 5. The van der Waals surface area contributed by atoms with Crippen LogP contribution in [0.25, 0.3) is 6.08 Å². The van der Waals surface area contributed by atoms with Gasteiger partial charge in [0.25, 0.3) is 0 Å². The normalized spacial score (nSPS) is 12.1. The van der Waals surface area contributed by atoms with Crippen LogP contribution in [-0.2, 0) is 9.47 Å². The van der Waals surface area contributed by atoms with E-state index in [1.807, 2.05) is 36.4 Å². The maximum Gasteiger partial charge on any atom is 0.203 e. The minimum Gasteiger partial charge on any atom is -0.504 e. The fourth-order valence-corrected chi connectivity index (χ4v) is 1.93. The van der Waals surface area contributed by atoms with Crippen LogP contribution in [0.4, 0.5) is 0 Å². The predicted octanol–water partition coefficient (Wildman–Crippen LogP) is 3.97. The summed E-state index contributed by atoms with van der Waals surface area (Å²) in [5.74, 6) is 1.78. The molecule has 0 aromatic heterocycles. The van der Waals surface area contributed by atoms with Crippen molar-refractivity contribution in [3.05, 3.63) is 60.1 Å². The SMILES string of the molecule is CO/C=C/C=C(/C=C\c1cc(OC)c(OC)c(OC)c1)\C=C\OC. The van der Waals surface area contributed by atoms with Crippen molar-refractivity contribution in [1.29, 1.82) is 0 Å². The van der Waals surface area contributed by atoms with Crippen LogP contribution >= 0.6 is 0 Å². The zero-order valence-electron chi connectivity index (χ0n) is 14.7. The summed E-state index contributed by atoms with van der Waals surface area (Å²) in [6, 6.07) is 3.75. The van der Waals surface area contributed by atoms with E-state index >= 15 is 0 Å². The molecule has 24 heavy (non-hydrogen) atoms. The van der Waals surface area contributed by atoms with Gasteiger partial charge in [-0.1, -0.05) is 18.2 Å². The van der Waals surface area contributed by atoms with E-state index in [1.165, 1.54) is 0 Å². The summed E-state index contributed by atoms with van der Waals surface area (Å²) in [7, 11) is 7.96. The third kappa shape index (κ3) is 5.76. The van der Waals surface area contributed by atoms with Crippen molar-refractivity contribution in [3.8, 4) is 17.2 Å². The van der Waals surface area contributed by atoms with Crippen LogP contribution in [0, 0.1) is 0 Å². The molecule has 1 aromatic rings. The molecule has 5 nitrogen and oxygen atoms in total. The number of hydrogen-bond donors (Lipinski definition) is 0. The second kappa shape index (κ2) is 10.8. The van der Waals surface area contributed by atoms with Gasteiger partial charge in [0, 0.05) is 0 Å². The second-order valence-corrected chi connectivity index (χ2v) is 4.56. The Morgan fingerprint density at radius 3 is 1.92 bits per heavy atom. The van der Waals surface area contributed by atoms with Crippen LogP contribution in [0.3, 0.4) is 0 Å². The molecule has 1 rings (SSSR count). The lowest BCUT2D eigenvalue weighted by Crippen LogP contribution is -1.95. The molecule has 0 heterocycles. The average molecular weight is 332 g/mol. The Morgan fingerprint density at radius 2 is 1.42 bits per heavy atom. The summed E-state index contributed by atoms with van der Waals surface area (Å²) >= 11 is 0. The van der Waals surface area contributed by atoms with Gasteiger partial charge in [-0.2, -0.15) is 0 Å². The lowest BCUT2D eigenvalue weighted by Gasteiger charge is -2.12. The molecule has 0 aliphatic carbocycles. The Labute approximate surface area is 143 Å². The average Bonchev–Trinajstić information content (AvgIpc) is 2.62. The van der Waals surface area contributed by atoms with Gasteiger partial charge < -0.3 is 23.7 Å². The van der Waals surface area contributed by atoms with Gasteiger partial charge >= 0.3 is 0 Å². The monoisotopic (exact) mass is 332 g/mol. The van der Waals surface area contributed by atoms with E-state index in [1.54, 1.807) is 54.1 Å². The maximum atomic E-state index is 5.36. The zero-order valence-corrected chi connectivity index (χ0v) is 14.7. The molecule has 0 unspecified atom stereocenters. The molecule has 0 aliphatic rings. The molecule has 0 fully saturated rings. The summed E-state index contributed by atoms with van der Waals surface area (Å²) in [4.78, 5) is 0. The van der Waals surface area contributed by atoms with Gasteiger partial charge in [0.2, 0.25) is 5.75 Å². The number of benzene rings is 1. The first-order valence-corrected chi connectivity index (χ1v) is 7.27. The van der Waals surface area contributed by atoms with Gasteiger partial charge in [0.1, 0.15) is 0 Å². The van der Waals surface area contributed by atoms with Crippen LogP contribution in [0.15, 0.2) is 54.5 Å². The largest absolute Gasteiger partial charge is 0.504 e. The molecule has 0 atom stereocenters. The van der Waals surface area contributed by atoms with E-state index in [-0.39, 0.29) is 0 Å². The van der Waals surface area contributed by atoms with Gasteiger partial charge in [0.05, 0.1) is 48.1 Å². The van der Waals surface area contributed by atoms with Gasteiger partial charge in [-0.05, 0) is 35.4 Å². The van der Waals surface area contributed by atoms with Gasteiger partial charge in [-0.25, -0.2) is 0 Å². The zero-order chi connectivity index (χ0) is 17.8. The molecule has 0 aliphatic heterocycles. The summed E-state index contributed by atoms with van der Waals surface area (Å²) in [6.45, 7) is 0. The van der Waals surface area contributed by atoms with E-state index in [4.69, 9.17) is 23.7 Å². The molecule has 0 N–H and O–H groups in total. The molecular formula is C19H24O5. The maximum absolute atomic E-state index is 5.36. The summed E-state index contributed by atoms with van der Waals surface area (Å²) in [5.41, 5.74) is 1.84. The minimum absolute atomic E-state index is 0.565. The third-order valence-corrected chi connectivity index (χ3v) is 3.06. The Morgan fingerprint density at radius 1 is 0.792 bits per heavy atom. The topological polar surface area (TPSA) is 46.2 Å². The fraction of sp³-hybridized carbons (Fsp3) is 0.263. The highest BCUT2D eigenvalue weighted by molar-refractivity contribution is 5.64. The molecule has 0 saturated carbocycles. The van der Waals surface area contributed by atoms with Crippen molar-refractivity contribution in [2.24, 2.45) is 0 Å². The number of hydrogen-bond acceptors (Lipinski definition) is 5. The molecule has 5 heteroatoms. The van der Waals surface area contributed by atoms with Crippen LogP contribution in [0.2, 0.25) is 0 Å². The van der Waals surface area contributed by atoms with E-state index in [0.29, 0.717) is 17.2 Å². The lowest BCUT2D eigenvalue weighted by atomic mass is 10.1. The van der Waals surface area contributed by atoms with Crippen LogP contribution in [0.5, 0.6) is 17.2 Å². The Bertz CT molecular complexity index is 602. The summed E-state index contributed by atoms with van der Waals surface area (Å²) in [5, 5.41) is 0. The minimum atomic E-state index is 0.565. The van der Waals surface area contributed by atoms with Crippen molar-refractivity contribution in [1.82, 2.24) is 0 Å². The van der Waals surface area contributed by atoms with E-state index in [2.05, 4.69) is 0 Å². The van der Waals surface area contributed by atoms with E-state index in [0.717, 1.165) is 11.1 Å². The first kappa shape index (κ1) is 19.2. The van der Waals surface area contributed by atoms with Crippen molar-refractivity contribution < 1.29 is 23.7 Å².